The number of amides is 2. The molecule has 1 N–H and O–H groups in total. The maximum atomic E-state index is 13.2. The number of benzene rings is 1. The second-order valence-electron chi connectivity index (χ2n) is 7.37. The van der Waals surface area contributed by atoms with Crippen molar-refractivity contribution in [2.24, 2.45) is 0 Å². The van der Waals surface area contributed by atoms with Gasteiger partial charge >= 0.3 is 0 Å². The Morgan fingerprint density at radius 2 is 1.83 bits per heavy atom. The van der Waals surface area contributed by atoms with Crippen molar-refractivity contribution < 1.29 is 9.59 Å². The number of carbonyl (C=O) groups excluding carboxylic acids is 2. The van der Waals surface area contributed by atoms with Gasteiger partial charge in [0.1, 0.15) is 0 Å². The van der Waals surface area contributed by atoms with Crippen molar-refractivity contribution in [2.45, 2.75) is 40.5 Å². The van der Waals surface area contributed by atoms with Crippen LogP contribution in [0, 0.1) is 6.92 Å². The highest BCUT2D eigenvalue weighted by molar-refractivity contribution is 6.06. The highest BCUT2D eigenvalue weighted by Gasteiger charge is 2.24. The third-order valence-corrected chi connectivity index (χ3v) is 5.17. The highest BCUT2D eigenvalue weighted by Crippen LogP contribution is 2.28. The number of rotatable bonds is 6. The monoisotopic (exact) mass is 392 g/mol. The molecule has 0 radical (unpaired) electrons. The molecule has 6 heteroatoms. The van der Waals surface area contributed by atoms with Crippen LogP contribution >= 0.6 is 0 Å². The zero-order chi connectivity index (χ0) is 21.1. The summed E-state index contributed by atoms with van der Waals surface area (Å²) in [5, 5.41) is 3.03. The van der Waals surface area contributed by atoms with E-state index in [0.717, 1.165) is 16.8 Å². The predicted molar refractivity (Wildman–Crippen MR) is 116 cm³/mol. The van der Waals surface area contributed by atoms with Crippen LogP contribution in [0.1, 0.15) is 65.8 Å². The topological polar surface area (TPSA) is 66.7 Å². The molecule has 152 valence electrons. The highest BCUT2D eigenvalue weighted by atomic mass is 16.2. The lowest BCUT2D eigenvalue weighted by atomic mass is 9.98. The minimum absolute atomic E-state index is 0.170. The van der Waals surface area contributed by atoms with Crippen LogP contribution in [0.4, 0.5) is 5.69 Å². The van der Waals surface area contributed by atoms with Crippen LogP contribution in [0.15, 0.2) is 42.6 Å². The zero-order valence-electron chi connectivity index (χ0n) is 17.7. The number of carbonyl (C=O) groups is 2. The number of aromatic nitrogens is 2. The van der Waals surface area contributed by atoms with Crippen LogP contribution in [0.5, 0.6) is 0 Å². The summed E-state index contributed by atoms with van der Waals surface area (Å²) in [7, 11) is 0. The van der Waals surface area contributed by atoms with Crippen molar-refractivity contribution in [3.63, 3.8) is 0 Å². The molecule has 0 aliphatic rings. The Morgan fingerprint density at radius 1 is 1.10 bits per heavy atom. The molecule has 0 saturated heterocycles. The van der Waals surface area contributed by atoms with E-state index in [0.29, 0.717) is 24.3 Å². The molecule has 2 aromatic heterocycles. The summed E-state index contributed by atoms with van der Waals surface area (Å²) in [5.41, 5.74) is 3.79. The number of nitrogens with one attached hydrogen (secondary N) is 1. The first-order chi connectivity index (χ1) is 13.9. The number of anilines is 1. The maximum absolute atomic E-state index is 13.2. The third-order valence-electron chi connectivity index (χ3n) is 5.17. The van der Waals surface area contributed by atoms with Gasteiger partial charge in [-0.25, -0.2) is 4.98 Å². The van der Waals surface area contributed by atoms with E-state index >= 15 is 0 Å². The minimum atomic E-state index is -0.332. The first kappa shape index (κ1) is 20.6. The lowest BCUT2D eigenvalue weighted by Gasteiger charge is -2.17. The van der Waals surface area contributed by atoms with Gasteiger partial charge in [-0.3, -0.25) is 14.0 Å². The standard InChI is InChI=1S/C23H28N4O2/c1-6-26(7-2)23(29)20-18-13-8-9-14-27(18)21(24-20)22(28)25-19-16(5)11-10-12-17(19)15(3)4/h8-15H,6-7H2,1-5H3,(H,25,28). The number of aryl methyl sites for hydroxylation is 1. The SMILES string of the molecule is CCN(CC)C(=O)c1nc(C(=O)Nc2c(C)cccc2C(C)C)n2ccccc12. The van der Waals surface area contributed by atoms with Gasteiger partial charge < -0.3 is 10.2 Å². The smallest absolute Gasteiger partial charge is 0.292 e. The molecule has 0 fully saturated rings. The van der Waals surface area contributed by atoms with Crippen LogP contribution in [0.3, 0.4) is 0 Å². The van der Waals surface area contributed by atoms with E-state index in [9.17, 15) is 9.59 Å². The number of imidazole rings is 1. The first-order valence-electron chi connectivity index (χ1n) is 10.1. The van der Waals surface area contributed by atoms with E-state index in [-0.39, 0.29) is 23.6 Å². The summed E-state index contributed by atoms with van der Waals surface area (Å²) in [5.74, 6) is -0.0337. The second kappa shape index (κ2) is 8.47. The Balaban J connectivity index is 2.05. The Morgan fingerprint density at radius 3 is 2.48 bits per heavy atom. The maximum Gasteiger partial charge on any atom is 0.292 e. The summed E-state index contributed by atoms with van der Waals surface area (Å²) < 4.78 is 1.68. The summed E-state index contributed by atoms with van der Waals surface area (Å²) in [4.78, 5) is 32.3. The molecule has 3 aromatic rings. The number of hydrogen-bond acceptors (Lipinski definition) is 3. The number of nitrogens with zero attached hydrogens (tertiary/aromatic N) is 3. The van der Waals surface area contributed by atoms with E-state index in [1.165, 1.54) is 0 Å². The van der Waals surface area contributed by atoms with Gasteiger partial charge in [0.2, 0.25) is 5.82 Å². The Bertz CT molecular complexity index is 1050. The lowest BCUT2D eigenvalue weighted by molar-refractivity contribution is 0.0769. The van der Waals surface area contributed by atoms with Crippen molar-refractivity contribution in [2.75, 3.05) is 18.4 Å². The van der Waals surface area contributed by atoms with Crippen molar-refractivity contribution >= 4 is 23.0 Å². The molecule has 6 nitrogen and oxygen atoms in total. The van der Waals surface area contributed by atoms with Crippen LogP contribution in [0.2, 0.25) is 0 Å². The molecule has 0 saturated carbocycles. The molecule has 29 heavy (non-hydrogen) atoms. The van der Waals surface area contributed by atoms with E-state index in [1.54, 1.807) is 15.5 Å². The van der Waals surface area contributed by atoms with Gasteiger partial charge in [0.15, 0.2) is 5.69 Å². The molecule has 0 atom stereocenters. The fourth-order valence-corrected chi connectivity index (χ4v) is 3.53. The third kappa shape index (κ3) is 3.88. The van der Waals surface area contributed by atoms with E-state index < -0.39 is 0 Å². The van der Waals surface area contributed by atoms with Gasteiger partial charge in [-0.2, -0.15) is 0 Å². The molecule has 3 rings (SSSR count). The van der Waals surface area contributed by atoms with E-state index in [1.807, 2.05) is 57.2 Å². The molecule has 2 heterocycles. The van der Waals surface area contributed by atoms with Crippen LogP contribution in [-0.2, 0) is 0 Å². The van der Waals surface area contributed by atoms with Crippen molar-refractivity contribution in [3.05, 3.63) is 65.2 Å². The fourth-order valence-electron chi connectivity index (χ4n) is 3.53. The summed E-state index contributed by atoms with van der Waals surface area (Å²) in [6, 6.07) is 11.5. The second-order valence-corrected chi connectivity index (χ2v) is 7.37. The number of fused-ring (bicyclic) bond motifs is 1. The summed E-state index contributed by atoms with van der Waals surface area (Å²) in [6.45, 7) is 11.2. The fraction of sp³-hybridized carbons (Fsp3) is 0.348. The Labute approximate surface area is 171 Å². The molecule has 0 aliphatic carbocycles. The van der Waals surface area contributed by atoms with Crippen molar-refractivity contribution in [3.8, 4) is 0 Å². The van der Waals surface area contributed by atoms with Gasteiger partial charge in [-0.15, -0.1) is 0 Å². The molecular formula is C23H28N4O2. The van der Waals surface area contributed by atoms with Gasteiger partial charge in [-0.1, -0.05) is 38.1 Å². The molecule has 0 spiro atoms. The van der Waals surface area contributed by atoms with E-state index in [4.69, 9.17) is 0 Å². The van der Waals surface area contributed by atoms with Gasteiger partial charge in [0, 0.05) is 25.0 Å². The van der Waals surface area contributed by atoms with Crippen molar-refractivity contribution in [1.82, 2.24) is 14.3 Å². The lowest BCUT2D eigenvalue weighted by Crippen LogP contribution is -2.31. The summed E-state index contributed by atoms with van der Waals surface area (Å²) >= 11 is 0. The van der Waals surface area contributed by atoms with Gasteiger partial charge in [0.25, 0.3) is 11.8 Å². The average Bonchev–Trinajstić information content (AvgIpc) is 3.10. The molecule has 2 amide bonds. The molecule has 0 unspecified atom stereocenters. The van der Waals surface area contributed by atoms with Gasteiger partial charge in [-0.05, 0) is 49.9 Å². The van der Waals surface area contributed by atoms with Crippen LogP contribution in [0.25, 0.3) is 5.52 Å². The number of para-hydroxylation sites is 1. The predicted octanol–water partition coefficient (Wildman–Crippen LogP) is 4.50. The number of hydrogen-bond donors (Lipinski definition) is 1. The van der Waals surface area contributed by atoms with Crippen LogP contribution < -0.4 is 5.32 Å². The first-order valence-corrected chi connectivity index (χ1v) is 10.1. The van der Waals surface area contributed by atoms with Crippen molar-refractivity contribution in [1.29, 1.82) is 0 Å². The zero-order valence-corrected chi connectivity index (χ0v) is 17.7. The average molecular weight is 393 g/mol. The molecule has 1 aromatic carbocycles. The van der Waals surface area contributed by atoms with E-state index in [2.05, 4.69) is 24.1 Å². The van der Waals surface area contributed by atoms with Crippen LogP contribution in [-0.4, -0.2) is 39.2 Å². The quantitative estimate of drug-likeness (QED) is 0.672. The Kier molecular flexibility index (Phi) is 6.01. The molecule has 0 bridgehead atoms. The summed E-state index contributed by atoms with van der Waals surface area (Å²) in [6.07, 6.45) is 1.76. The minimum Gasteiger partial charge on any atom is -0.338 e. The molecule has 0 aliphatic heterocycles. The number of pyridine rings is 1. The molecular weight excluding hydrogens is 364 g/mol. The normalized spacial score (nSPS) is 11.1. The Hall–Kier alpha value is -3.15. The largest absolute Gasteiger partial charge is 0.338 e. The van der Waals surface area contributed by atoms with Gasteiger partial charge in [0.05, 0.1) is 5.52 Å².